The monoisotopic (exact) mass is 431 g/mol. The normalized spacial score (nSPS) is 10.6. The fraction of sp³-hybridized carbons (Fsp3) is 0.120. The van der Waals surface area contributed by atoms with E-state index in [4.69, 9.17) is 21.4 Å². The predicted molar refractivity (Wildman–Crippen MR) is 123 cm³/mol. The zero-order valence-corrected chi connectivity index (χ0v) is 17.8. The van der Waals surface area contributed by atoms with Crippen LogP contribution in [0.3, 0.4) is 0 Å². The molecule has 0 unspecified atom stereocenters. The molecule has 4 rings (SSSR count). The Labute approximate surface area is 186 Å². The lowest BCUT2D eigenvalue weighted by Gasteiger charge is -2.09. The zero-order chi connectivity index (χ0) is 21.6. The van der Waals surface area contributed by atoms with Crippen LogP contribution in [-0.4, -0.2) is 29.3 Å². The van der Waals surface area contributed by atoms with Gasteiger partial charge in [0.2, 0.25) is 0 Å². The summed E-state index contributed by atoms with van der Waals surface area (Å²) < 4.78 is 6.86. The summed E-state index contributed by atoms with van der Waals surface area (Å²) in [7, 11) is 1.63. The molecule has 0 atom stereocenters. The van der Waals surface area contributed by atoms with Gasteiger partial charge in [-0.2, -0.15) is 5.10 Å². The van der Waals surface area contributed by atoms with Crippen molar-refractivity contribution < 1.29 is 9.53 Å². The van der Waals surface area contributed by atoms with Gasteiger partial charge in [0.25, 0.3) is 5.91 Å². The van der Waals surface area contributed by atoms with Crippen LogP contribution >= 0.6 is 11.6 Å². The molecule has 1 aromatic heterocycles. The Kier molecular flexibility index (Phi) is 6.34. The average Bonchev–Trinajstić information content (AvgIpc) is 3.25. The number of aromatic nitrogens is 2. The third kappa shape index (κ3) is 4.95. The molecule has 156 valence electrons. The van der Waals surface area contributed by atoms with Crippen molar-refractivity contribution in [2.75, 3.05) is 13.7 Å². The molecule has 5 nitrogen and oxygen atoms in total. The summed E-state index contributed by atoms with van der Waals surface area (Å²) in [6.45, 7) is 0.529. The highest BCUT2D eigenvalue weighted by molar-refractivity contribution is 6.30. The quantitative estimate of drug-likeness (QED) is 0.439. The van der Waals surface area contributed by atoms with E-state index in [1.54, 1.807) is 30.0 Å². The standard InChI is InChI=1S/C25H22ClN3O2/c1-31-22-12-10-19(11-13-22)23-17-24(29(28-23)21-9-5-8-20(26)16-21)25(30)27-15-14-18-6-3-2-4-7-18/h2-13,16-17H,14-15H2,1H3,(H,27,30). The van der Waals surface area contributed by atoms with Crippen molar-refractivity contribution in [3.63, 3.8) is 0 Å². The summed E-state index contributed by atoms with van der Waals surface area (Å²) in [5.74, 6) is 0.570. The summed E-state index contributed by atoms with van der Waals surface area (Å²) in [6, 6.07) is 26.7. The number of carbonyl (C=O) groups is 1. The Balaban J connectivity index is 1.62. The molecule has 31 heavy (non-hydrogen) atoms. The molecule has 0 aliphatic carbocycles. The van der Waals surface area contributed by atoms with Gasteiger partial charge in [-0.1, -0.05) is 48.0 Å². The highest BCUT2D eigenvalue weighted by atomic mass is 35.5. The number of carbonyl (C=O) groups excluding carboxylic acids is 1. The van der Waals surface area contributed by atoms with Crippen LogP contribution in [-0.2, 0) is 6.42 Å². The van der Waals surface area contributed by atoms with Crippen LogP contribution in [0.1, 0.15) is 16.1 Å². The molecule has 1 N–H and O–H groups in total. The molecule has 4 aromatic rings. The van der Waals surface area contributed by atoms with E-state index in [9.17, 15) is 4.79 Å². The summed E-state index contributed by atoms with van der Waals surface area (Å²) >= 11 is 6.18. The van der Waals surface area contributed by atoms with Gasteiger partial charge in [-0.05, 0) is 60.5 Å². The van der Waals surface area contributed by atoms with Crippen LogP contribution in [0.15, 0.2) is 84.9 Å². The van der Waals surface area contributed by atoms with Crippen molar-refractivity contribution >= 4 is 17.5 Å². The van der Waals surface area contributed by atoms with Gasteiger partial charge in [0.15, 0.2) is 0 Å². The van der Waals surface area contributed by atoms with Crippen molar-refractivity contribution in [1.82, 2.24) is 15.1 Å². The Morgan fingerprint density at radius 1 is 1.00 bits per heavy atom. The van der Waals surface area contributed by atoms with Crippen LogP contribution < -0.4 is 10.1 Å². The lowest BCUT2D eigenvalue weighted by molar-refractivity contribution is 0.0946. The molecule has 0 saturated heterocycles. The molecule has 0 aliphatic rings. The molecule has 6 heteroatoms. The van der Waals surface area contributed by atoms with Gasteiger partial charge in [-0.25, -0.2) is 4.68 Å². The second-order valence-electron chi connectivity index (χ2n) is 7.03. The summed E-state index contributed by atoms with van der Waals surface area (Å²) in [5, 5.41) is 8.27. The number of nitrogens with zero attached hydrogens (tertiary/aromatic N) is 2. The van der Waals surface area contributed by atoms with Gasteiger partial charge >= 0.3 is 0 Å². The molecule has 0 fully saturated rings. The largest absolute Gasteiger partial charge is 0.497 e. The first-order chi connectivity index (χ1) is 15.1. The van der Waals surface area contributed by atoms with E-state index in [0.717, 1.165) is 23.4 Å². The van der Waals surface area contributed by atoms with E-state index in [1.807, 2.05) is 66.7 Å². The first-order valence-corrected chi connectivity index (χ1v) is 10.3. The van der Waals surface area contributed by atoms with Crippen LogP contribution in [0, 0.1) is 0 Å². The third-order valence-electron chi connectivity index (χ3n) is 4.92. The number of rotatable bonds is 7. The molecule has 0 aliphatic heterocycles. The maximum atomic E-state index is 13.0. The van der Waals surface area contributed by atoms with Gasteiger partial charge in [-0.3, -0.25) is 4.79 Å². The van der Waals surface area contributed by atoms with Crippen molar-refractivity contribution in [2.45, 2.75) is 6.42 Å². The van der Waals surface area contributed by atoms with Gasteiger partial charge < -0.3 is 10.1 Å². The lowest BCUT2D eigenvalue weighted by atomic mass is 10.1. The first-order valence-electron chi connectivity index (χ1n) is 9.96. The maximum absolute atomic E-state index is 13.0. The fourth-order valence-electron chi connectivity index (χ4n) is 3.31. The molecular weight excluding hydrogens is 410 g/mol. The van der Waals surface area contributed by atoms with E-state index in [2.05, 4.69) is 5.32 Å². The molecular formula is C25H22ClN3O2. The van der Waals surface area contributed by atoms with E-state index in [1.165, 1.54) is 5.56 Å². The molecule has 0 spiro atoms. The highest BCUT2D eigenvalue weighted by Crippen LogP contribution is 2.25. The minimum atomic E-state index is -0.192. The number of hydrogen-bond acceptors (Lipinski definition) is 3. The zero-order valence-electron chi connectivity index (χ0n) is 17.1. The van der Waals surface area contributed by atoms with Gasteiger partial charge in [0, 0.05) is 17.1 Å². The molecule has 0 saturated carbocycles. The molecule has 0 radical (unpaired) electrons. The Bertz CT molecular complexity index is 1170. The number of methoxy groups -OCH3 is 1. The minimum absolute atomic E-state index is 0.192. The topological polar surface area (TPSA) is 56.1 Å². The van der Waals surface area contributed by atoms with E-state index in [-0.39, 0.29) is 5.91 Å². The van der Waals surface area contributed by atoms with Crippen molar-refractivity contribution in [3.05, 3.63) is 101 Å². The fourth-order valence-corrected chi connectivity index (χ4v) is 3.49. The Hall–Kier alpha value is -3.57. The van der Waals surface area contributed by atoms with E-state index < -0.39 is 0 Å². The predicted octanol–water partition coefficient (Wildman–Crippen LogP) is 5.17. The lowest BCUT2D eigenvalue weighted by Crippen LogP contribution is -2.27. The van der Waals surface area contributed by atoms with Crippen LogP contribution in [0.5, 0.6) is 5.75 Å². The Morgan fingerprint density at radius 3 is 2.48 bits per heavy atom. The first kappa shape index (κ1) is 20.7. The van der Waals surface area contributed by atoms with Crippen LogP contribution in [0.25, 0.3) is 16.9 Å². The van der Waals surface area contributed by atoms with E-state index in [0.29, 0.717) is 23.0 Å². The Morgan fingerprint density at radius 2 is 1.77 bits per heavy atom. The van der Waals surface area contributed by atoms with Gasteiger partial charge in [-0.15, -0.1) is 0 Å². The van der Waals surface area contributed by atoms with Gasteiger partial charge in [0.05, 0.1) is 18.5 Å². The van der Waals surface area contributed by atoms with E-state index >= 15 is 0 Å². The number of hydrogen-bond donors (Lipinski definition) is 1. The molecule has 3 aromatic carbocycles. The number of amides is 1. The molecule has 1 heterocycles. The number of nitrogens with one attached hydrogen (secondary N) is 1. The molecule has 1 amide bonds. The second kappa shape index (κ2) is 9.49. The SMILES string of the molecule is COc1ccc(-c2cc(C(=O)NCCc3ccccc3)n(-c3cccc(Cl)c3)n2)cc1. The third-order valence-corrected chi connectivity index (χ3v) is 5.16. The van der Waals surface area contributed by atoms with Crippen LogP contribution in [0.4, 0.5) is 0 Å². The smallest absolute Gasteiger partial charge is 0.270 e. The van der Waals surface area contributed by atoms with Crippen molar-refractivity contribution in [3.8, 4) is 22.7 Å². The summed E-state index contributed by atoms with van der Waals surface area (Å²) in [4.78, 5) is 13.0. The van der Waals surface area contributed by atoms with Crippen LogP contribution in [0.2, 0.25) is 5.02 Å². The minimum Gasteiger partial charge on any atom is -0.497 e. The van der Waals surface area contributed by atoms with Crippen molar-refractivity contribution in [1.29, 1.82) is 0 Å². The van der Waals surface area contributed by atoms with Gasteiger partial charge in [0.1, 0.15) is 11.4 Å². The summed E-state index contributed by atoms with van der Waals surface area (Å²) in [6.07, 6.45) is 0.753. The molecule has 0 bridgehead atoms. The number of halogens is 1. The highest BCUT2D eigenvalue weighted by Gasteiger charge is 2.18. The maximum Gasteiger partial charge on any atom is 0.270 e. The average molecular weight is 432 g/mol. The number of ether oxygens (including phenoxy) is 1. The second-order valence-corrected chi connectivity index (χ2v) is 7.46. The van der Waals surface area contributed by atoms with Crippen molar-refractivity contribution in [2.24, 2.45) is 0 Å². The summed E-state index contributed by atoms with van der Waals surface area (Å²) in [5.41, 5.74) is 3.92. The number of benzene rings is 3.